The fourth-order valence-corrected chi connectivity index (χ4v) is 1.10. The summed E-state index contributed by atoms with van der Waals surface area (Å²) >= 11 is 0. The highest BCUT2D eigenvalue weighted by Crippen LogP contribution is 2.09. The van der Waals surface area contributed by atoms with Crippen LogP contribution in [0.2, 0.25) is 0 Å². The van der Waals surface area contributed by atoms with Crippen LogP contribution in [0.15, 0.2) is 25.3 Å². The van der Waals surface area contributed by atoms with Gasteiger partial charge in [0.15, 0.2) is 0 Å². The number of ether oxygens (including phenoxy) is 1. The highest BCUT2D eigenvalue weighted by atomic mass is 16.5. The zero-order valence-corrected chi connectivity index (χ0v) is 10.2. The van der Waals surface area contributed by atoms with E-state index in [-0.39, 0.29) is 5.97 Å². The Bertz CT molecular complexity index is 173. The fourth-order valence-electron chi connectivity index (χ4n) is 1.10. The van der Waals surface area contributed by atoms with Crippen LogP contribution < -0.4 is 0 Å². The van der Waals surface area contributed by atoms with Crippen LogP contribution >= 0.6 is 0 Å². The smallest absolute Gasteiger partial charge is 0.333 e. The maximum atomic E-state index is 11.1. The second-order valence-corrected chi connectivity index (χ2v) is 3.13. The van der Waals surface area contributed by atoms with Gasteiger partial charge >= 0.3 is 5.97 Å². The van der Waals surface area contributed by atoms with E-state index in [2.05, 4.69) is 26.7 Å². The first-order valence-electron chi connectivity index (χ1n) is 5.57. The van der Waals surface area contributed by atoms with Crippen molar-refractivity contribution in [3.8, 4) is 0 Å². The van der Waals surface area contributed by atoms with Gasteiger partial charge in [-0.05, 0) is 19.8 Å². The third-order valence-electron chi connectivity index (χ3n) is 1.90. The van der Waals surface area contributed by atoms with Crippen LogP contribution in [0.4, 0.5) is 0 Å². The van der Waals surface area contributed by atoms with Gasteiger partial charge in [-0.1, -0.05) is 32.8 Å². The van der Waals surface area contributed by atoms with Crippen molar-refractivity contribution in [2.75, 3.05) is 6.61 Å². The van der Waals surface area contributed by atoms with Crippen molar-refractivity contribution in [1.29, 1.82) is 0 Å². The van der Waals surface area contributed by atoms with Gasteiger partial charge in [-0.15, -0.1) is 13.2 Å². The van der Waals surface area contributed by atoms with E-state index >= 15 is 0 Å². The predicted octanol–water partition coefficient (Wildman–Crippen LogP) is 3.88. The van der Waals surface area contributed by atoms with Gasteiger partial charge in [0.25, 0.3) is 0 Å². The maximum absolute atomic E-state index is 11.1. The van der Waals surface area contributed by atoms with E-state index in [0.29, 0.717) is 12.2 Å². The molecule has 0 spiro atoms. The number of esters is 1. The minimum Gasteiger partial charge on any atom is -0.463 e. The van der Waals surface area contributed by atoms with Gasteiger partial charge in [0, 0.05) is 5.57 Å². The van der Waals surface area contributed by atoms with Crippen LogP contribution in [0.5, 0.6) is 0 Å². The number of carbonyl (C=O) groups is 1. The first-order chi connectivity index (χ1) is 7.22. The van der Waals surface area contributed by atoms with Crippen molar-refractivity contribution in [2.45, 2.75) is 46.0 Å². The van der Waals surface area contributed by atoms with Crippen molar-refractivity contribution < 1.29 is 9.53 Å². The number of hydrogen-bond acceptors (Lipinski definition) is 2. The van der Waals surface area contributed by atoms with Crippen LogP contribution in [0.1, 0.15) is 46.0 Å². The molecule has 0 saturated heterocycles. The lowest BCUT2D eigenvalue weighted by molar-refractivity contribution is -0.138. The summed E-state index contributed by atoms with van der Waals surface area (Å²) in [6.07, 6.45) is 5.45. The molecule has 0 saturated carbocycles. The molecule has 0 bridgehead atoms. The fraction of sp³-hybridized carbons (Fsp3) is 0.615. The quantitative estimate of drug-likeness (QED) is 0.277. The lowest BCUT2D eigenvalue weighted by atomic mass is 10.1. The molecular formula is C13H24O2. The molecule has 0 atom stereocenters. The largest absolute Gasteiger partial charge is 0.463 e. The first kappa shape index (κ1) is 16.4. The van der Waals surface area contributed by atoms with E-state index in [1.807, 2.05) is 6.92 Å². The third-order valence-corrected chi connectivity index (χ3v) is 1.90. The van der Waals surface area contributed by atoms with Gasteiger partial charge in [0.2, 0.25) is 0 Å². The van der Waals surface area contributed by atoms with E-state index < -0.39 is 0 Å². The highest BCUT2D eigenvalue weighted by molar-refractivity contribution is 5.87. The Kier molecular flexibility index (Phi) is 14.1. The molecule has 0 radical (unpaired) electrons. The molecule has 0 rings (SSSR count). The molecule has 0 unspecified atom stereocenters. The minimum atomic E-state index is -0.237. The summed E-state index contributed by atoms with van der Waals surface area (Å²) in [4.78, 5) is 11.1. The third kappa shape index (κ3) is 10.9. The second-order valence-electron chi connectivity index (χ2n) is 3.13. The summed E-state index contributed by atoms with van der Waals surface area (Å²) in [5.41, 5.74) is 0.609. The highest BCUT2D eigenvalue weighted by Gasteiger charge is 2.06. The van der Waals surface area contributed by atoms with Crippen molar-refractivity contribution in [3.05, 3.63) is 25.3 Å². The Morgan fingerprint density at radius 1 is 1.13 bits per heavy atom. The normalized spacial score (nSPS) is 8.67. The summed E-state index contributed by atoms with van der Waals surface area (Å²) in [6.45, 7) is 14.1. The van der Waals surface area contributed by atoms with E-state index in [9.17, 15) is 4.79 Å². The molecule has 0 N–H and O–H groups in total. The molecule has 15 heavy (non-hydrogen) atoms. The zero-order chi connectivity index (χ0) is 12.1. The maximum Gasteiger partial charge on any atom is 0.333 e. The molecule has 0 heterocycles. The monoisotopic (exact) mass is 212 g/mol. The van der Waals surface area contributed by atoms with Crippen molar-refractivity contribution in [3.63, 3.8) is 0 Å². The molecular weight excluding hydrogens is 188 g/mol. The van der Waals surface area contributed by atoms with Gasteiger partial charge < -0.3 is 4.74 Å². The van der Waals surface area contributed by atoms with Crippen LogP contribution in [-0.4, -0.2) is 12.6 Å². The Balaban J connectivity index is 0. The SMILES string of the molecule is C=C.C=C(CCCCCC)C(=O)OCC. The molecule has 0 aromatic heterocycles. The van der Waals surface area contributed by atoms with E-state index in [1.165, 1.54) is 19.3 Å². The van der Waals surface area contributed by atoms with Crippen LogP contribution in [0.3, 0.4) is 0 Å². The average Bonchev–Trinajstić information content (AvgIpc) is 2.27. The Labute approximate surface area is 94.0 Å². The first-order valence-corrected chi connectivity index (χ1v) is 5.57. The zero-order valence-electron chi connectivity index (χ0n) is 10.2. The predicted molar refractivity (Wildman–Crippen MR) is 65.8 cm³/mol. The van der Waals surface area contributed by atoms with E-state index in [4.69, 9.17) is 4.74 Å². The molecule has 0 aromatic carbocycles. The molecule has 0 aliphatic rings. The Hall–Kier alpha value is -1.05. The van der Waals surface area contributed by atoms with E-state index in [0.717, 1.165) is 12.8 Å². The van der Waals surface area contributed by atoms with Crippen LogP contribution in [0, 0.1) is 0 Å². The molecule has 0 amide bonds. The summed E-state index contributed by atoms with van der Waals surface area (Å²) < 4.78 is 4.82. The van der Waals surface area contributed by atoms with Gasteiger partial charge in [-0.25, -0.2) is 4.79 Å². The topological polar surface area (TPSA) is 26.3 Å². The molecule has 2 heteroatoms. The van der Waals surface area contributed by atoms with Gasteiger partial charge in [0.1, 0.15) is 0 Å². The summed E-state index contributed by atoms with van der Waals surface area (Å²) in [5, 5.41) is 0. The van der Waals surface area contributed by atoms with Crippen LogP contribution in [0.25, 0.3) is 0 Å². The van der Waals surface area contributed by atoms with Crippen molar-refractivity contribution in [2.24, 2.45) is 0 Å². The molecule has 0 fully saturated rings. The van der Waals surface area contributed by atoms with E-state index in [1.54, 1.807) is 0 Å². The number of carbonyl (C=O) groups excluding carboxylic acids is 1. The van der Waals surface area contributed by atoms with Gasteiger partial charge in [-0.3, -0.25) is 0 Å². The van der Waals surface area contributed by atoms with Crippen molar-refractivity contribution >= 4 is 5.97 Å². The van der Waals surface area contributed by atoms with Crippen molar-refractivity contribution in [1.82, 2.24) is 0 Å². The Morgan fingerprint density at radius 3 is 2.20 bits per heavy atom. The number of hydrogen-bond donors (Lipinski definition) is 0. The van der Waals surface area contributed by atoms with Crippen LogP contribution in [-0.2, 0) is 9.53 Å². The summed E-state index contributed by atoms with van der Waals surface area (Å²) in [7, 11) is 0. The lowest BCUT2D eigenvalue weighted by Gasteiger charge is -2.04. The second kappa shape index (κ2) is 12.9. The molecule has 0 aromatic rings. The average molecular weight is 212 g/mol. The number of rotatable bonds is 7. The molecule has 2 nitrogen and oxygen atoms in total. The molecule has 88 valence electrons. The Morgan fingerprint density at radius 2 is 1.73 bits per heavy atom. The lowest BCUT2D eigenvalue weighted by Crippen LogP contribution is -2.06. The minimum absolute atomic E-state index is 0.237. The number of unbranched alkanes of at least 4 members (excludes halogenated alkanes) is 3. The van der Waals surface area contributed by atoms with Gasteiger partial charge in [-0.2, -0.15) is 0 Å². The summed E-state index contributed by atoms with van der Waals surface area (Å²) in [5.74, 6) is -0.237. The molecule has 0 aliphatic carbocycles. The summed E-state index contributed by atoms with van der Waals surface area (Å²) in [6, 6.07) is 0. The van der Waals surface area contributed by atoms with Gasteiger partial charge in [0.05, 0.1) is 6.61 Å². The standard InChI is InChI=1S/C11H20O2.C2H4/c1-4-6-7-8-9-10(3)11(12)13-5-2;1-2/h3-9H2,1-2H3;1-2H2. The molecule has 0 aliphatic heterocycles.